The Bertz CT molecular complexity index is 639. The smallest absolute Gasteiger partial charge is 0.142 e. The van der Waals surface area contributed by atoms with Gasteiger partial charge in [0.25, 0.3) is 0 Å². The van der Waals surface area contributed by atoms with Gasteiger partial charge in [-0.3, -0.25) is 4.90 Å². The highest BCUT2D eigenvalue weighted by atomic mass is 16.5. The molecule has 0 fully saturated rings. The fourth-order valence-electron chi connectivity index (χ4n) is 3.01. The molecule has 0 unspecified atom stereocenters. The molecular formula is C19H24N2O. The third-order valence-electron chi connectivity index (χ3n) is 4.25. The molecule has 116 valence electrons. The Balaban J connectivity index is 1.44. The Morgan fingerprint density at radius 2 is 1.95 bits per heavy atom. The van der Waals surface area contributed by atoms with E-state index in [4.69, 9.17) is 10.5 Å². The normalized spacial score (nSPS) is 14.6. The highest BCUT2D eigenvalue weighted by Gasteiger charge is 2.14. The van der Waals surface area contributed by atoms with Gasteiger partial charge >= 0.3 is 0 Å². The number of nitrogens with zero attached hydrogens (tertiary/aromatic N) is 1. The van der Waals surface area contributed by atoms with Crippen LogP contribution in [0.5, 0.6) is 5.75 Å². The second kappa shape index (κ2) is 6.84. The molecule has 0 saturated carbocycles. The SMILES string of the molecule is Cc1ccc(OCCCN2CCc3ccccc3C2)c(N)c1. The van der Waals surface area contributed by atoms with E-state index in [-0.39, 0.29) is 0 Å². The van der Waals surface area contributed by atoms with Crippen molar-refractivity contribution in [3.8, 4) is 5.75 Å². The fourth-order valence-corrected chi connectivity index (χ4v) is 3.01. The Morgan fingerprint density at radius 1 is 1.14 bits per heavy atom. The number of hydrogen-bond donors (Lipinski definition) is 1. The third-order valence-corrected chi connectivity index (χ3v) is 4.25. The number of nitrogens with two attached hydrogens (primary N) is 1. The number of benzene rings is 2. The van der Waals surface area contributed by atoms with E-state index in [0.29, 0.717) is 6.61 Å². The van der Waals surface area contributed by atoms with E-state index in [2.05, 4.69) is 29.2 Å². The summed E-state index contributed by atoms with van der Waals surface area (Å²) in [5, 5.41) is 0. The van der Waals surface area contributed by atoms with Gasteiger partial charge in [-0.05, 0) is 48.6 Å². The zero-order valence-corrected chi connectivity index (χ0v) is 13.2. The molecule has 0 aromatic heterocycles. The average molecular weight is 296 g/mol. The van der Waals surface area contributed by atoms with Gasteiger partial charge in [0.05, 0.1) is 12.3 Å². The molecule has 1 aliphatic rings. The number of hydrogen-bond acceptors (Lipinski definition) is 3. The molecule has 3 heteroatoms. The number of nitrogen functional groups attached to an aromatic ring is 1. The van der Waals surface area contributed by atoms with E-state index in [0.717, 1.165) is 49.5 Å². The first-order valence-corrected chi connectivity index (χ1v) is 8.00. The summed E-state index contributed by atoms with van der Waals surface area (Å²) in [5.74, 6) is 0.801. The van der Waals surface area contributed by atoms with Crippen LogP contribution in [0.3, 0.4) is 0 Å². The topological polar surface area (TPSA) is 38.5 Å². The zero-order valence-electron chi connectivity index (χ0n) is 13.2. The summed E-state index contributed by atoms with van der Waals surface area (Å²) in [6, 6.07) is 14.7. The zero-order chi connectivity index (χ0) is 15.4. The summed E-state index contributed by atoms with van der Waals surface area (Å²) in [5.41, 5.74) is 10.8. The van der Waals surface area contributed by atoms with Crippen LogP contribution in [0.4, 0.5) is 5.69 Å². The van der Waals surface area contributed by atoms with Crippen LogP contribution in [0, 0.1) is 6.92 Å². The van der Waals surface area contributed by atoms with Crippen LogP contribution in [-0.4, -0.2) is 24.6 Å². The highest BCUT2D eigenvalue weighted by molar-refractivity contribution is 5.53. The summed E-state index contributed by atoms with van der Waals surface area (Å²) < 4.78 is 5.80. The molecule has 0 spiro atoms. The number of ether oxygens (including phenoxy) is 1. The molecule has 3 nitrogen and oxygen atoms in total. The fraction of sp³-hybridized carbons (Fsp3) is 0.368. The lowest BCUT2D eigenvalue weighted by Crippen LogP contribution is -2.32. The van der Waals surface area contributed by atoms with Crippen molar-refractivity contribution in [3.63, 3.8) is 0 Å². The van der Waals surface area contributed by atoms with Crippen molar-refractivity contribution in [2.75, 3.05) is 25.4 Å². The van der Waals surface area contributed by atoms with E-state index < -0.39 is 0 Å². The van der Waals surface area contributed by atoms with E-state index in [1.165, 1.54) is 11.1 Å². The standard InChI is InChI=1S/C19H24N2O/c1-15-7-8-19(18(20)13-15)22-12-4-10-21-11-9-16-5-2-3-6-17(16)14-21/h2-3,5-8,13H,4,9-12,14,20H2,1H3. The molecule has 0 aliphatic carbocycles. The van der Waals surface area contributed by atoms with Crippen LogP contribution in [0.15, 0.2) is 42.5 Å². The van der Waals surface area contributed by atoms with Crippen molar-refractivity contribution in [1.82, 2.24) is 4.90 Å². The molecule has 2 aromatic rings. The van der Waals surface area contributed by atoms with Crippen molar-refractivity contribution >= 4 is 5.69 Å². The molecular weight excluding hydrogens is 272 g/mol. The van der Waals surface area contributed by atoms with Gasteiger partial charge in [-0.1, -0.05) is 30.3 Å². The minimum Gasteiger partial charge on any atom is -0.491 e. The monoisotopic (exact) mass is 296 g/mol. The molecule has 0 saturated heterocycles. The van der Waals surface area contributed by atoms with Crippen LogP contribution in [0.2, 0.25) is 0 Å². The summed E-state index contributed by atoms with van der Waals surface area (Å²) in [6.07, 6.45) is 2.18. The highest BCUT2D eigenvalue weighted by Crippen LogP contribution is 2.22. The van der Waals surface area contributed by atoms with Gasteiger partial charge in [-0.2, -0.15) is 0 Å². The second-order valence-electron chi connectivity index (χ2n) is 6.04. The average Bonchev–Trinajstić information content (AvgIpc) is 2.53. The van der Waals surface area contributed by atoms with Gasteiger partial charge in [0.2, 0.25) is 0 Å². The van der Waals surface area contributed by atoms with Gasteiger partial charge in [0.15, 0.2) is 0 Å². The van der Waals surface area contributed by atoms with E-state index in [1.54, 1.807) is 0 Å². The summed E-state index contributed by atoms with van der Waals surface area (Å²) in [4.78, 5) is 2.50. The van der Waals surface area contributed by atoms with E-state index in [1.807, 2.05) is 25.1 Å². The Kier molecular flexibility index (Phi) is 4.64. The molecule has 0 radical (unpaired) electrons. The largest absolute Gasteiger partial charge is 0.491 e. The lowest BCUT2D eigenvalue weighted by molar-refractivity contribution is 0.221. The molecule has 0 bridgehead atoms. The minimum absolute atomic E-state index is 0.714. The van der Waals surface area contributed by atoms with Crippen LogP contribution in [-0.2, 0) is 13.0 Å². The first-order chi connectivity index (χ1) is 10.7. The lowest BCUT2D eigenvalue weighted by Gasteiger charge is -2.28. The minimum atomic E-state index is 0.714. The van der Waals surface area contributed by atoms with E-state index >= 15 is 0 Å². The Morgan fingerprint density at radius 3 is 2.77 bits per heavy atom. The predicted molar refractivity (Wildman–Crippen MR) is 91.1 cm³/mol. The maximum absolute atomic E-state index is 5.96. The number of rotatable bonds is 5. The summed E-state index contributed by atoms with van der Waals surface area (Å²) >= 11 is 0. The predicted octanol–water partition coefficient (Wildman–Crippen LogP) is 3.40. The molecule has 1 aliphatic heterocycles. The maximum Gasteiger partial charge on any atom is 0.142 e. The third kappa shape index (κ3) is 3.60. The first-order valence-electron chi connectivity index (χ1n) is 8.00. The second-order valence-corrected chi connectivity index (χ2v) is 6.04. The van der Waals surface area contributed by atoms with Crippen molar-refractivity contribution < 1.29 is 4.74 Å². The van der Waals surface area contributed by atoms with Crippen LogP contribution in [0.25, 0.3) is 0 Å². The molecule has 0 atom stereocenters. The molecule has 0 amide bonds. The van der Waals surface area contributed by atoms with Crippen molar-refractivity contribution in [3.05, 3.63) is 59.2 Å². The Hall–Kier alpha value is -2.00. The number of fused-ring (bicyclic) bond motifs is 1. The summed E-state index contributed by atoms with van der Waals surface area (Å²) in [6.45, 7) is 6.02. The quantitative estimate of drug-likeness (QED) is 0.679. The van der Waals surface area contributed by atoms with Gasteiger partial charge in [-0.15, -0.1) is 0 Å². The van der Waals surface area contributed by atoms with Crippen molar-refractivity contribution in [2.24, 2.45) is 0 Å². The Labute approximate surface area is 132 Å². The van der Waals surface area contributed by atoms with Crippen molar-refractivity contribution in [2.45, 2.75) is 26.3 Å². The van der Waals surface area contributed by atoms with Gasteiger partial charge in [0, 0.05) is 19.6 Å². The van der Waals surface area contributed by atoms with E-state index in [9.17, 15) is 0 Å². The molecule has 22 heavy (non-hydrogen) atoms. The number of anilines is 1. The molecule has 1 heterocycles. The number of aryl methyl sites for hydroxylation is 1. The molecule has 3 rings (SSSR count). The van der Waals surface area contributed by atoms with Crippen LogP contribution >= 0.6 is 0 Å². The van der Waals surface area contributed by atoms with Crippen LogP contribution < -0.4 is 10.5 Å². The summed E-state index contributed by atoms with van der Waals surface area (Å²) in [7, 11) is 0. The maximum atomic E-state index is 5.96. The molecule has 2 aromatic carbocycles. The van der Waals surface area contributed by atoms with Gasteiger partial charge in [-0.25, -0.2) is 0 Å². The first kappa shape index (κ1) is 14.9. The lowest BCUT2D eigenvalue weighted by atomic mass is 10.00. The molecule has 2 N–H and O–H groups in total. The van der Waals surface area contributed by atoms with Crippen LogP contribution in [0.1, 0.15) is 23.1 Å². The van der Waals surface area contributed by atoms with Crippen molar-refractivity contribution in [1.29, 1.82) is 0 Å². The van der Waals surface area contributed by atoms with Gasteiger partial charge < -0.3 is 10.5 Å². The van der Waals surface area contributed by atoms with Gasteiger partial charge in [0.1, 0.15) is 5.75 Å².